The fraction of sp³-hybridized carbons (Fsp3) is 0.308. The molecule has 1 atom stereocenters. The quantitative estimate of drug-likeness (QED) is 0.563. The smallest absolute Gasteiger partial charge is 0.357 e. The molecule has 0 aliphatic carbocycles. The summed E-state index contributed by atoms with van der Waals surface area (Å²) in [5.74, 6) is -0.282. The van der Waals surface area contributed by atoms with E-state index in [2.05, 4.69) is 0 Å². The van der Waals surface area contributed by atoms with Gasteiger partial charge in [-0.05, 0) is 24.3 Å². The lowest BCUT2D eigenvalue weighted by Gasteiger charge is -2.23. The van der Waals surface area contributed by atoms with Crippen molar-refractivity contribution in [3.05, 3.63) is 30.0 Å². The molecule has 0 radical (unpaired) electrons. The van der Waals surface area contributed by atoms with Crippen LogP contribution >= 0.6 is 0 Å². The maximum atomic E-state index is 12.0. The van der Waals surface area contributed by atoms with Gasteiger partial charge < -0.3 is 15.2 Å². The van der Waals surface area contributed by atoms with Gasteiger partial charge in [-0.25, -0.2) is 4.79 Å². The maximum Gasteiger partial charge on any atom is 0.357 e. The number of hydrogen-bond acceptors (Lipinski definition) is 4. The SMILES string of the molecule is Nc1ccc2c(c1)cc1n2C2(CCOC2)OC1=O. The Morgan fingerprint density at radius 1 is 1.33 bits per heavy atom. The number of benzene rings is 1. The number of anilines is 1. The number of carbonyl (C=O) groups is 1. The van der Waals surface area contributed by atoms with Gasteiger partial charge in [0.15, 0.2) is 0 Å². The van der Waals surface area contributed by atoms with E-state index in [0.717, 1.165) is 10.9 Å². The number of nitrogen functional groups attached to an aromatic ring is 1. The van der Waals surface area contributed by atoms with Crippen molar-refractivity contribution >= 4 is 22.6 Å². The number of fused-ring (bicyclic) bond motifs is 4. The van der Waals surface area contributed by atoms with E-state index in [9.17, 15) is 4.79 Å². The van der Waals surface area contributed by atoms with Gasteiger partial charge in [0.2, 0.25) is 5.72 Å². The topological polar surface area (TPSA) is 66.5 Å². The highest BCUT2D eigenvalue weighted by Gasteiger charge is 2.49. The monoisotopic (exact) mass is 244 g/mol. The summed E-state index contributed by atoms with van der Waals surface area (Å²) in [4.78, 5) is 12.0. The van der Waals surface area contributed by atoms with Crippen molar-refractivity contribution < 1.29 is 14.3 Å². The maximum absolute atomic E-state index is 12.0. The number of aromatic nitrogens is 1. The summed E-state index contributed by atoms with van der Waals surface area (Å²) >= 11 is 0. The van der Waals surface area contributed by atoms with Gasteiger partial charge in [0, 0.05) is 17.5 Å². The van der Waals surface area contributed by atoms with Gasteiger partial charge in [-0.3, -0.25) is 4.57 Å². The Bertz CT molecular complexity index is 668. The van der Waals surface area contributed by atoms with Crippen LogP contribution in [0.25, 0.3) is 10.9 Å². The van der Waals surface area contributed by atoms with Crippen molar-refractivity contribution in [1.82, 2.24) is 4.57 Å². The molecule has 2 N–H and O–H groups in total. The molecule has 5 heteroatoms. The fourth-order valence-electron chi connectivity index (χ4n) is 2.89. The van der Waals surface area contributed by atoms with Gasteiger partial charge in [0.05, 0.1) is 12.1 Å². The van der Waals surface area contributed by atoms with Crippen LogP contribution in [-0.4, -0.2) is 23.8 Å². The Morgan fingerprint density at radius 2 is 2.22 bits per heavy atom. The lowest BCUT2D eigenvalue weighted by molar-refractivity contribution is -0.0450. The summed E-state index contributed by atoms with van der Waals surface area (Å²) < 4.78 is 12.9. The fourth-order valence-corrected chi connectivity index (χ4v) is 2.89. The first kappa shape index (κ1) is 9.96. The van der Waals surface area contributed by atoms with E-state index in [1.54, 1.807) is 0 Å². The number of rotatable bonds is 0. The third-order valence-electron chi connectivity index (χ3n) is 3.69. The standard InChI is InChI=1S/C13H12N2O3/c14-9-1-2-10-8(5-9)6-11-12(16)18-13(15(10)11)3-4-17-7-13/h1-2,5-6H,3-4,7,14H2. The number of nitrogens with zero attached hydrogens (tertiary/aromatic N) is 1. The van der Waals surface area contributed by atoms with Crippen molar-refractivity contribution in [1.29, 1.82) is 0 Å². The second-order valence-corrected chi connectivity index (χ2v) is 4.82. The Kier molecular flexibility index (Phi) is 1.69. The summed E-state index contributed by atoms with van der Waals surface area (Å²) in [6.45, 7) is 1.03. The summed E-state index contributed by atoms with van der Waals surface area (Å²) in [6, 6.07) is 7.47. The highest BCUT2D eigenvalue weighted by Crippen LogP contribution is 2.40. The van der Waals surface area contributed by atoms with Gasteiger partial charge in [0.1, 0.15) is 12.3 Å². The van der Waals surface area contributed by atoms with Crippen LogP contribution in [0.5, 0.6) is 0 Å². The molecule has 1 fully saturated rings. The molecule has 1 aromatic carbocycles. The third kappa shape index (κ3) is 1.07. The molecule has 0 bridgehead atoms. The average molecular weight is 244 g/mol. The molecule has 92 valence electrons. The first-order chi connectivity index (χ1) is 8.70. The van der Waals surface area contributed by atoms with Crippen molar-refractivity contribution in [2.45, 2.75) is 12.1 Å². The van der Waals surface area contributed by atoms with Gasteiger partial charge in [-0.1, -0.05) is 0 Å². The number of esters is 1. The molecule has 1 aromatic heterocycles. The zero-order valence-corrected chi connectivity index (χ0v) is 9.68. The molecule has 2 aromatic rings. The van der Waals surface area contributed by atoms with Crippen molar-refractivity contribution in [3.63, 3.8) is 0 Å². The minimum absolute atomic E-state index is 0.282. The Balaban J connectivity index is 2.05. The Labute approximate surface area is 103 Å². The minimum atomic E-state index is -0.649. The van der Waals surface area contributed by atoms with Gasteiger partial charge in [-0.15, -0.1) is 0 Å². The Morgan fingerprint density at radius 3 is 3.00 bits per heavy atom. The molecule has 2 aliphatic rings. The second kappa shape index (κ2) is 3.05. The van der Waals surface area contributed by atoms with Crippen LogP contribution in [0, 0.1) is 0 Å². The highest BCUT2D eigenvalue weighted by molar-refractivity contribution is 5.98. The largest absolute Gasteiger partial charge is 0.431 e. The molecular formula is C13H12N2O3. The van der Waals surface area contributed by atoms with Crippen LogP contribution in [-0.2, 0) is 15.2 Å². The molecule has 4 rings (SSSR count). The van der Waals surface area contributed by atoms with E-state index < -0.39 is 5.72 Å². The number of nitrogens with two attached hydrogens (primary N) is 1. The number of carbonyl (C=O) groups excluding carboxylic acids is 1. The predicted molar refractivity (Wildman–Crippen MR) is 65.2 cm³/mol. The van der Waals surface area contributed by atoms with E-state index in [0.29, 0.717) is 31.0 Å². The molecule has 1 saturated heterocycles. The number of hydrogen-bond donors (Lipinski definition) is 1. The molecule has 18 heavy (non-hydrogen) atoms. The molecule has 3 heterocycles. The van der Waals surface area contributed by atoms with Crippen LogP contribution in [0.2, 0.25) is 0 Å². The lowest BCUT2D eigenvalue weighted by Crippen LogP contribution is -2.32. The molecular weight excluding hydrogens is 232 g/mol. The zero-order chi connectivity index (χ0) is 12.3. The minimum Gasteiger partial charge on any atom is -0.431 e. The van der Waals surface area contributed by atoms with Crippen molar-refractivity contribution in [2.24, 2.45) is 0 Å². The van der Waals surface area contributed by atoms with Gasteiger partial charge in [0.25, 0.3) is 0 Å². The Hall–Kier alpha value is -2.01. The van der Waals surface area contributed by atoms with E-state index in [1.165, 1.54) is 0 Å². The first-order valence-electron chi connectivity index (χ1n) is 5.92. The molecule has 0 saturated carbocycles. The molecule has 1 unspecified atom stereocenters. The van der Waals surface area contributed by atoms with Gasteiger partial charge >= 0.3 is 5.97 Å². The summed E-state index contributed by atoms with van der Waals surface area (Å²) in [6.07, 6.45) is 0.694. The van der Waals surface area contributed by atoms with E-state index >= 15 is 0 Å². The molecule has 2 aliphatic heterocycles. The normalized spacial score (nSPS) is 25.9. The van der Waals surface area contributed by atoms with E-state index in [1.807, 2.05) is 28.8 Å². The lowest BCUT2D eigenvalue weighted by atomic mass is 10.1. The molecule has 5 nitrogen and oxygen atoms in total. The summed E-state index contributed by atoms with van der Waals surface area (Å²) in [5.41, 5.74) is 7.37. The van der Waals surface area contributed by atoms with Crippen LogP contribution in [0.15, 0.2) is 24.3 Å². The van der Waals surface area contributed by atoms with E-state index in [-0.39, 0.29) is 5.97 Å². The van der Waals surface area contributed by atoms with E-state index in [4.69, 9.17) is 15.2 Å². The third-order valence-corrected chi connectivity index (χ3v) is 3.69. The zero-order valence-electron chi connectivity index (χ0n) is 9.68. The van der Waals surface area contributed by atoms with Gasteiger partial charge in [-0.2, -0.15) is 0 Å². The number of ether oxygens (including phenoxy) is 2. The van der Waals surface area contributed by atoms with Crippen molar-refractivity contribution in [2.75, 3.05) is 18.9 Å². The summed E-state index contributed by atoms with van der Waals surface area (Å²) in [5, 5.41) is 0.966. The average Bonchev–Trinajstić information content (AvgIpc) is 2.98. The van der Waals surface area contributed by atoms with Crippen LogP contribution in [0.3, 0.4) is 0 Å². The molecule has 0 amide bonds. The van der Waals surface area contributed by atoms with Crippen LogP contribution in [0.1, 0.15) is 16.9 Å². The summed E-state index contributed by atoms with van der Waals surface area (Å²) in [7, 11) is 0. The molecule has 1 spiro atoms. The predicted octanol–water partition coefficient (Wildman–Crippen LogP) is 1.47. The first-order valence-corrected chi connectivity index (χ1v) is 5.92. The van der Waals surface area contributed by atoms with Crippen molar-refractivity contribution in [3.8, 4) is 0 Å². The van der Waals surface area contributed by atoms with Crippen LogP contribution in [0.4, 0.5) is 5.69 Å². The second-order valence-electron chi connectivity index (χ2n) is 4.82. The highest BCUT2D eigenvalue weighted by atomic mass is 16.6. The van der Waals surface area contributed by atoms with Crippen LogP contribution < -0.4 is 5.73 Å².